The van der Waals surface area contributed by atoms with E-state index in [0.29, 0.717) is 11.3 Å². The number of aryl methyl sites for hydroxylation is 2. The molecule has 0 saturated carbocycles. The van der Waals surface area contributed by atoms with Gasteiger partial charge in [0.05, 0.1) is 12.8 Å². The predicted octanol–water partition coefficient (Wildman–Crippen LogP) is 3.48. The van der Waals surface area contributed by atoms with E-state index >= 15 is 0 Å². The van der Waals surface area contributed by atoms with Gasteiger partial charge < -0.3 is 14.0 Å². The molecule has 2 aromatic heterocycles. The molecule has 0 aliphatic rings. The minimum Gasteiger partial charge on any atom is -0.467 e. The summed E-state index contributed by atoms with van der Waals surface area (Å²) in [5.41, 5.74) is 7.38. The SMILES string of the molecule is COCc1cc(C)nc(OCC(=O)N/N=C/c2cc(C)n(-c3ccc(F)cc3)c2C)c1C#N. The summed E-state index contributed by atoms with van der Waals surface area (Å²) in [4.78, 5) is 16.4. The number of carbonyl (C=O) groups is 1. The lowest BCUT2D eigenvalue weighted by Gasteiger charge is -2.10. The van der Waals surface area contributed by atoms with Gasteiger partial charge in [-0.2, -0.15) is 10.4 Å². The van der Waals surface area contributed by atoms with Crippen molar-refractivity contribution in [2.24, 2.45) is 5.10 Å². The first-order chi connectivity index (χ1) is 15.8. The van der Waals surface area contributed by atoms with Crippen LogP contribution in [0.5, 0.6) is 5.88 Å². The number of nitrogens with one attached hydrogen (secondary N) is 1. The lowest BCUT2D eigenvalue weighted by atomic mass is 10.1. The van der Waals surface area contributed by atoms with E-state index in [-0.39, 0.29) is 30.5 Å². The van der Waals surface area contributed by atoms with Crippen molar-refractivity contribution in [3.63, 3.8) is 0 Å². The molecule has 3 aromatic rings. The highest BCUT2D eigenvalue weighted by atomic mass is 19.1. The Bertz CT molecular complexity index is 1230. The molecular weight excluding hydrogens is 425 g/mol. The van der Waals surface area contributed by atoms with Crippen LogP contribution in [-0.4, -0.2) is 35.4 Å². The van der Waals surface area contributed by atoms with E-state index in [4.69, 9.17) is 9.47 Å². The maximum absolute atomic E-state index is 13.2. The largest absolute Gasteiger partial charge is 0.467 e. The Kier molecular flexibility index (Phi) is 7.53. The lowest BCUT2D eigenvalue weighted by molar-refractivity contribution is -0.123. The van der Waals surface area contributed by atoms with Gasteiger partial charge >= 0.3 is 0 Å². The zero-order chi connectivity index (χ0) is 24.0. The maximum Gasteiger partial charge on any atom is 0.278 e. The summed E-state index contributed by atoms with van der Waals surface area (Å²) in [6.07, 6.45) is 1.53. The summed E-state index contributed by atoms with van der Waals surface area (Å²) in [6.45, 7) is 5.48. The van der Waals surface area contributed by atoms with Gasteiger partial charge in [0.2, 0.25) is 5.88 Å². The van der Waals surface area contributed by atoms with Crippen LogP contribution in [0.25, 0.3) is 5.69 Å². The fourth-order valence-corrected chi connectivity index (χ4v) is 3.45. The summed E-state index contributed by atoms with van der Waals surface area (Å²) < 4.78 is 25.8. The second-order valence-corrected chi connectivity index (χ2v) is 7.37. The van der Waals surface area contributed by atoms with E-state index < -0.39 is 5.91 Å². The van der Waals surface area contributed by atoms with Crippen molar-refractivity contribution in [1.82, 2.24) is 15.0 Å². The van der Waals surface area contributed by atoms with E-state index in [1.54, 1.807) is 25.1 Å². The van der Waals surface area contributed by atoms with Gasteiger partial charge in [-0.25, -0.2) is 14.8 Å². The molecule has 0 atom stereocenters. The van der Waals surface area contributed by atoms with Gasteiger partial charge in [0.15, 0.2) is 6.61 Å². The third-order valence-electron chi connectivity index (χ3n) is 4.90. The number of ether oxygens (including phenoxy) is 2. The summed E-state index contributed by atoms with van der Waals surface area (Å²) in [6, 6.07) is 11.9. The van der Waals surface area contributed by atoms with Crippen LogP contribution in [-0.2, 0) is 16.1 Å². The highest BCUT2D eigenvalue weighted by molar-refractivity contribution is 5.84. The second-order valence-electron chi connectivity index (χ2n) is 7.37. The van der Waals surface area contributed by atoms with Gasteiger partial charge in [-0.05, 0) is 57.2 Å². The molecule has 1 aromatic carbocycles. The number of benzene rings is 1. The average Bonchev–Trinajstić information content (AvgIpc) is 3.06. The number of nitrogens with zero attached hydrogens (tertiary/aromatic N) is 4. The van der Waals surface area contributed by atoms with Crippen LogP contribution in [0.3, 0.4) is 0 Å². The molecule has 0 aliphatic carbocycles. The Labute approximate surface area is 191 Å². The van der Waals surface area contributed by atoms with Gasteiger partial charge in [-0.15, -0.1) is 0 Å². The first-order valence-corrected chi connectivity index (χ1v) is 10.1. The van der Waals surface area contributed by atoms with Crippen molar-refractivity contribution in [2.75, 3.05) is 13.7 Å². The average molecular weight is 449 g/mol. The van der Waals surface area contributed by atoms with Crippen LogP contribution in [0.4, 0.5) is 4.39 Å². The zero-order valence-corrected chi connectivity index (χ0v) is 18.8. The summed E-state index contributed by atoms with van der Waals surface area (Å²) in [5.74, 6) is -0.726. The Morgan fingerprint density at radius 2 is 2.00 bits per heavy atom. The van der Waals surface area contributed by atoms with Crippen LogP contribution < -0.4 is 10.2 Å². The number of hydrogen-bond acceptors (Lipinski definition) is 6. The molecule has 170 valence electrons. The van der Waals surface area contributed by atoms with Gasteiger partial charge in [0, 0.05) is 41.0 Å². The molecule has 9 heteroatoms. The molecule has 0 aliphatic heterocycles. The smallest absolute Gasteiger partial charge is 0.278 e. The van der Waals surface area contributed by atoms with Crippen LogP contribution >= 0.6 is 0 Å². The molecule has 2 heterocycles. The molecule has 0 saturated heterocycles. The standard InChI is InChI=1S/C24H24FN5O3/c1-15-9-19(13-32-4)22(11-26)24(28-15)33-14-23(31)29-27-12-18-10-16(2)30(17(18)3)21-7-5-20(25)6-8-21/h5-10,12H,13-14H2,1-4H3,(H,29,31)/b27-12+. The number of nitriles is 1. The minimum absolute atomic E-state index is 0.0755. The van der Waals surface area contributed by atoms with E-state index in [1.807, 2.05) is 30.6 Å². The molecule has 1 amide bonds. The Morgan fingerprint density at radius 3 is 2.67 bits per heavy atom. The first kappa shape index (κ1) is 23.6. The van der Waals surface area contributed by atoms with Crippen LogP contribution in [0, 0.1) is 37.9 Å². The molecule has 0 spiro atoms. The third-order valence-corrected chi connectivity index (χ3v) is 4.90. The number of hydrogen-bond donors (Lipinski definition) is 1. The molecule has 0 radical (unpaired) electrons. The van der Waals surface area contributed by atoms with Crippen molar-refractivity contribution in [1.29, 1.82) is 5.26 Å². The first-order valence-electron chi connectivity index (χ1n) is 10.1. The fourth-order valence-electron chi connectivity index (χ4n) is 3.45. The number of pyridine rings is 1. The third kappa shape index (κ3) is 5.61. The Balaban J connectivity index is 1.65. The van der Waals surface area contributed by atoms with E-state index in [0.717, 1.165) is 22.6 Å². The van der Waals surface area contributed by atoms with E-state index in [1.165, 1.54) is 25.5 Å². The van der Waals surface area contributed by atoms with Crippen molar-refractivity contribution in [3.05, 3.63) is 76.0 Å². The molecular formula is C24H24FN5O3. The zero-order valence-electron chi connectivity index (χ0n) is 18.8. The summed E-state index contributed by atoms with van der Waals surface area (Å²) >= 11 is 0. The maximum atomic E-state index is 13.2. The number of amides is 1. The van der Waals surface area contributed by atoms with Gasteiger partial charge in [-0.1, -0.05) is 0 Å². The molecule has 8 nitrogen and oxygen atoms in total. The van der Waals surface area contributed by atoms with E-state index in [9.17, 15) is 14.4 Å². The molecule has 3 rings (SSSR count). The highest BCUT2D eigenvalue weighted by Gasteiger charge is 2.14. The number of halogens is 1. The number of aromatic nitrogens is 2. The van der Waals surface area contributed by atoms with Crippen LogP contribution in [0.15, 0.2) is 41.5 Å². The summed E-state index contributed by atoms with van der Waals surface area (Å²) in [5, 5.41) is 13.4. The van der Waals surface area contributed by atoms with E-state index in [2.05, 4.69) is 15.5 Å². The topological polar surface area (TPSA) is 102 Å². The number of carbonyl (C=O) groups excluding carboxylic acids is 1. The van der Waals surface area contributed by atoms with Gasteiger partial charge in [0.1, 0.15) is 17.4 Å². The van der Waals surface area contributed by atoms with Crippen molar-refractivity contribution >= 4 is 12.1 Å². The Hall–Kier alpha value is -4.03. The van der Waals surface area contributed by atoms with Crippen LogP contribution in [0.2, 0.25) is 0 Å². The van der Waals surface area contributed by atoms with Gasteiger partial charge in [0.25, 0.3) is 5.91 Å². The molecule has 0 unspecified atom stereocenters. The minimum atomic E-state index is -0.501. The molecule has 1 N–H and O–H groups in total. The Morgan fingerprint density at radius 1 is 1.27 bits per heavy atom. The predicted molar refractivity (Wildman–Crippen MR) is 121 cm³/mol. The van der Waals surface area contributed by atoms with Crippen molar-refractivity contribution in [3.8, 4) is 17.6 Å². The van der Waals surface area contributed by atoms with Crippen LogP contribution in [0.1, 0.15) is 33.8 Å². The fraction of sp³-hybridized carbons (Fsp3) is 0.250. The molecule has 33 heavy (non-hydrogen) atoms. The number of hydrazone groups is 1. The van der Waals surface area contributed by atoms with Crippen molar-refractivity contribution < 1.29 is 18.7 Å². The number of rotatable bonds is 8. The van der Waals surface area contributed by atoms with Crippen molar-refractivity contribution in [2.45, 2.75) is 27.4 Å². The van der Waals surface area contributed by atoms with Gasteiger partial charge in [-0.3, -0.25) is 4.79 Å². The number of methoxy groups -OCH3 is 1. The lowest BCUT2D eigenvalue weighted by Crippen LogP contribution is -2.25. The second kappa shape index (κ2) is 10.5. The highest BCUT2D eigenvalue weighted by Crippen LogP contribution is 2.22. The quantitative estimate of drug-likeness (QED) is 0.419. The molecule has 0 fully saturated rings. The summed E-state index contributed by atoms with van der Waals surface area (Å²) in [7, 11) is 1.53. The normalized spacial score (nSPS) is 10.9. The monoisotopic (exact) mass is 449 g/mol. The molecule has 0 bridgehead atoms.